The van der Waals surface area contributed by atoms with Gasteiger partial charge in [0.25, 0.3) is 0 Å². The first-order valence-electron chi connectivity index (χ1n) is 11.3. The second kappa shape index (κ2) is 9.99. The minimum atomic E-state index is -3.35. The summed E-state index contributed by atoms with van der Waals surface area (Å²) >= 11 is 0. The normalized spacial score (nSPS) is 16.2. The number of nitrogens with zero attached hydrogens (tertiary/aromatic N) is 3. The van der Waals surface area contributed by atoms with Gasteiger partial charge < -0.3 is 15.0 Å². The summed E-state index contributed by atoms with van der Waals surface area (Å²) in [6.45, 7) is 3.42. The van der Waals surface area contributed by atoms with Crippen molar-refractivity contribution in [2.75, 3.05) is 31.4 Å². The highest BCUT2D eigenvalue weighted by molar-refractivity contribution is 7.90. The Bertz CT molecular complexity index is 1370. The van der Waals surface area contributed by atoms with E-state index in [1.807, 2.05) is 11.8 Å². The van der Waals surface area contributed by atoms with E-state index in [-0.39, 0.29) is 16.7 Å². The molecule has 184 valence electrons. The highest BCUT2D eigenvalue weighted by Crippen LogP contribution is 2.26. The van der Waals surface area contributed by atoms with E-state index in [1.54, 1.807) is 42.5 Å². The molecule has 1 aromatic heterocycles. The number of sulfone groups is 1. The summed E-state index contributed by atoms with van der Waals surface area (Å²) in [5, 5.41) is 3.78. The van der Waals surface area contributed by atoms with E-state index in [0.717, 1.165) is 36.0 Å². The zero-order valence-electron chi connectivity index (χ0n) is 19.9. The van der Waals surface area contributed by atoms with Gasteiger partial charge >= 0.3 is 5.97 Å². The number of rotatable bonds is 6. The lowest BCUT2D eigenvalue weighted by atomic mass is 9.97. The van der Waals surface area contributed by atoms with E-state index >= 15 is 0 Å². The minimum Gasteiger partial charge on any atom is -0.465 e. The first-order chi connectivity index (χ1) is 16.7. The van der Waals surface area contributed by atoms with Crippen molar-refractivity contribution in [2.24, 2.45) is 5.92 Å². The zero-order valence-corrected chi connectivity index (χ0v) is 20.8. The van der Waals surface area contributed by atoms with Crippen LogP contribution >= 0.6 is 0 Å². The Kier molecular flexibility index (Phi) is 7.02. The van der Waals surface area contributed by atoms with Crippen LogP contribution in [-0.2, 0) is 25.9 Å². The molecule has 1 unspecified atom stereocenters. The van der Waals surface area contributed by atoms with Crippen LogP contribution in [0.15, 0.2) is 47.4 Å². The van der Waals surface area contributed by atoms with Crippen molar-refractivity contribution in [1.82, 2.24) is 15.3 Å². The monoisotopic (exact) mass is 496 g/mol. The maximum Gasteiger partial charge on any atom is 0.337 e. The van der Waals surface area contributed by atoms with E-state index < -0.39 is 15.8 Å². The van der Waals surface area contributed by atoms with Gasteiger partial charge in [0, 0.05) is 31.3 Å². The van der Waals surface area contributed by atoms with Gasteiger partial charge in [-0.2, -0.15) is 0 Å². The number of ether oxygens (including phenoxy) is 1. The highest BCUT2D eigenvalue weighted by atomic mass is 32.2. The molecule has 0 spiro atoms. The molecule has 0 saturated carbocycles. The Labute approximate surface area is 204 Å². The van der Waals surface area contributed by atoms with Crippen molar-refractivity contribution in [3.05, 3.63) is 59.3 Å². The highest BCUT2D eigenvalue weighted by Gasteiger charge is 2.27. The number of methoxy groups -OCH3 is 1. The molecule has 2 heterocycles. The molecular formula is C25H28N4O5S. The molecule has 1 amide bonds. The Morgan fingerprint density at radius 1 is 1.14 bits per heavy atom. The van der Waals surface area contributed by atoms with E-state index in [0.29, 0.717) is 30.1 Å². The van der Waals surface area contributed by atoms with Crippen molar-refractivity contribution < 1.29 is 22.7 Å². The maximum atomic E-state index is 12.9. The van der Waals surface area contributed by atoms with Gasteiger partial charge in [-0.1, -0.05) is 12.1 Å². The summed E-state index contributed by atoms with van der Waals surface area (Å²) in [5.41, 5.74) is 2.66. The molecule has 2 aromatic carbocycles. The molecule has 1 N–H and O–H groups in total. The predicted octanol–water partition coefficient (Wildman–Crippen LogP) is 2.66. The van der Waals surface area contributed by atoms with Crippen LogP contribution in [0.4, 0.5) is 5.95 Å². The van der Waals surface area contributed by atoms with E-state index in [4.69, 9.17) is 4.74 Å². The van der Waals surface area contributed by atoms with Gasteiger partial charge in [-0.05, 0) is 55.7 Å². The number of anilines is 1. The van der Waals surface area contributed by atoms with Crippen molar-refractivity contribution in [3.63, 3.8) is 0 Å². The van der Waals surface area contributed by atoms with Crippen LogP contribution in [0.3, 0.4) is 0 Å². The van der Waals surface area contributed by atoms with Crippen LogP contribution in [0.25, 0.3) is 10.9 Å². The molecule has 1 saturated heterocycles. The number of nitrogens with one attached hydrogen (secondary N) is 1. The second-order valence-corrected chi connectivity index (χ2v) is 10.8. The Hall–Kier alpha value is -3.53. The number of fused-ring (bicyclic) bond motifs is 1. The zero-order chi connectivity index (χ0) is 25.2. The molecule has 1 fully saturated rings. The number of aryl methyl sites for hydroxylation is 1. The molecule has 1 atom stereocenters. The minimum absolute atomic E-state index is 0.0522. The Morgan fingerprint density at radius 3 is 2.57 bits per heavy atom. The third-order valence-electron chi connectivity index (χ3n) is 6.19. The number of aromatic nitrogens is 2. The van der Waals surface area contributed by atoms with Gasteiger partial charge in [0.1, 0.15) is 0 Å². The van der Waals surface area contributed by atoms with Gasteiger partial charge in [0.15, 0.2) is 9.84 Å². The van der Waals surface area contributed by atoms with E-state index in [9.17, 15) is 18.0 Å². The molecule has 0 aliphatic carbocycles. The third-order valence-corrected chi connectivity index (χ3v) is 7.30. The Balaban J connectivity index is 1.45. The maximum absolute atomic E-state index is 12.9. The lowest BCUT2D eigenvalue weighted by molar-refractivity contribution is -0.125. The van der Waals surface area contributed by atoms with Gasteiger partial charge in [-0.3, -0.25) is 4.79 Å². The van der Waals surface area contributed by atoms with Crippen molar-refractivity contribution >= 4 is 38.6 Å². The fourth-order valence-corrected chi connectivity index (χ4v) is 4.85. The molecule has 9 nitrogen and oxygen atoms in total. The van der Waals surface area contributed by atoms with Crippen molar-refractivity contribution in [2.45, 2.75) is 31.2 Å². The predicted molar refractivity (Wildman–Crippen MR) is 132 cm³/mol. The van der Waals surface area contributed by atoms with Crippen LogP contribution in [0.1, 0.15) is 34.5 Å². The standard InChI is InChI=1S/C25H28N4O5S/c1-16-21-11-10-20(35(3,32)33)13-22(21)28-25(27-16)29-12-4-5-19(15-29)23(30)26-14-17-6-8-18(9-7-17)24(31)34-2/h6-11,13,19H,4-5,12,14-15H2,1-3H3,(H,26,30). The summed E-state index contributed by atoms with van der Waals surface area (Å²) in [7, 11) is -2.02. The summed E-state index contributed by atoms with van der Waals surface area (Å²) in [6.07, 6.45) is 2.74. The first kappa shape index (κ1) is 24.6. The number of piperidine rings is 1. The fourth-order valence-electron chi connectivity index (χ4n) is 4.21. The van der Waals surface area contributed by atoms with Crippen LogP contribution in [0.2, 0.25) is 0 Å². The molecule has 35 heavy (non-hydrogen) atoms. The summed E-state index contributed by atoms with van der Waals surface area (Å²) in [6, 6.07) is 11.8. The fraction of sp³-hybridized carbons (Fsp3) is 0.360. The smallest absolute Gasteiger partial charge is 0.337 e. The summed E-state index contributed by atoms with van der Waals surface area (Å²) in [5.74, 6) is -0.179. The van der Waals surface area contributed by atoms with Gasteiger partial charge in [-0.15, -0.1) is 0 Å². The van der Waals surface area contributed by atoms with Crippen LogP contribution in [-0.4, -0.2) is 56.7 Å². The quantitative estimate of drug-likeness (QED) is 0.518. The number of hydrogen-bond acceptors (Lipinski definition) is 8. The van der Waals surface area contributed by atoms with Gasteiger partial charge in [0.05, 0.1) is 34.7 Å². The first-order valence-corrected chi connectivity index (χ1v) is 13.2. The van der Waals surface area contributed by atoms with E-state index in [1.165, 1.54) is 13.4 Å². The van der Waals surface area contributed by atoms with Gasteiger partial charge in [-0.25, -0.2) is 23.2 Å². The largest absolute Gasteiger partial charge is 0.465 e. The number of carbonyl (C=O) groups is 2. The molecule has 1 aliphatic heterocycles. The number of carbonyl (C=O) groups excluding carboxylic acids is 2. The number of esters is 1. The van der Waals surface area contributed by atoms with E-state index in [2.05, 4.69) is 15.3 Å². The lowest BCUT2D eigenvalue weighted by Crippen LogP contribution is -2.43. The van der Waals surface area contributed by atoms with Crippen molar-refractivity contribution in [3.8, 4) is 0 Å². The third kappa shape index (κ3) is 5.59. The molecule has 3 aromatic rings. The average Bonchev–Trinajstić information content (AvgIpc) is 2.86. The van der Waals surface area contributed by atoms with Gasteiger partial charge in [0.2, 0.25) is 11.9 Å². The number of amides is 1. The molecule has 10 heteroatoms. The topological polar surface area (TPSA) is 119 Å². The number of benzene rings is 2. The van der Waals surface area contributed by atoms with Crippen LogP contribution in [0.5, 0.6) is 0 Å². The van der Waals surface area contributed by atoms with Crippen LogP contribution in [0, 0.1) is 12.8 Å². The molecular weight excluding hydrogens is 468 g/mol. The average molecular weight is 497 g/mol. The SMILES string of the molecule is COC(=O)c1ccc(CNC(=O)C2CCCN(c3nc(C)c4ccc(S(C)(=O)=O)cc4n3)C2)cc1. The molecule has 0 bridgehead atoms. The lowest BCUT2D eigenvalue weighted by Gasteiger charge is -2.32. The molecule has 1 aliphatic rings. The molecule has 4 rings (SSSR count). The summed E-state index contributed by atoms with van der Waals surface area (Å²) in [4.78, 5) is 35.9. The Morgan fingerprint density at radius 2 is 1.89 bits per heavy atom. The van der Waals surface area contributed by atoms with Crippen molar-refractivity contribution in [1.29, 1.82) is 0 Å². The second-order valence-electron chi connectivity index (χ2n) is 8.75. The van der Waals surface area contributed by atoms with Crippen LogP contribution < -0.4 is 10.2 Å². The number of hydrogen-bond donors (Lipinski definition) is 1. The summed E-state index contributed by atoms with van der Waals surface area (Å²) < 4.78 is 28.6. The molecule has 0 radical (unpaired) electrons.